The Balaban J connectivity index is 2.44. The molecule has 0 aromatic heterocycles. The Bertz CT molecular complexity index is 768. The highest BCUT2D eigenvalue weighted by molar-refractivity contribution is 5.76. The Morgan fingerprint density at radius 1 is 1.20 bits per heavy atom. The van der Waals surface area contributed by atoms with Crippen molar-refractivity contribution in [1.29, 1.82) is 0 Å². The maximum absolute atomic E-state index is 12.7. The van der Waals surface area contributed by atoms with Gasteiger partial charge in [0.2, 0.25) is 0 Å². The molecule has 0 fully saturated rings. The zero-order valence-electron chi connectivity index (χ0n) is 13.4. The molecule has 0 saturated heterocycles. The van der Waals surface area contributed by atoms with Crippen molar-refractivity contribution >= 4 is 12.2 Å². The number of carbonyl (C=O) groups is 1. The number of benzene rings is 2. The molecule has 0 saturated carbocycles. The number of nitrogens with zero attached hydrogens (tertiary/aromatic N) is 1. The fourth-order valence-electron chi connectivity index (χ4n) is 2.40. The highest BCUT2D eigenvalue weighted by atomic mass is 19.4. The standard InChI is InChI=1S/C18H16F3NO3/c1-25-17(23)11-12-2-3-14(8-9-22-24)16(10-12)13-4-6-15(7-5-13)18(19,20)21/h2-7,9-10,24H,8,11H2,1H3/b22-9-. The van der Waals surface area contributed by atoms with Gasteiger partial charge in [-0.3, -0.25) is 4.79 Å². The van der Waals surface area contributed by atoms with Gasteiger partial charge in [0.1, 0.15) is 0 Å². The van der Waals surface area contributed by atoms with Crippen molar-refractivity contribution in [3.63, 3.8) is 0 Å². The summed E-state index contributed by atoms with van der Waals surface area (Å²) in [7, 11) is 1.28. The number of halogens is 3. The van der Waals surface area contributed by atoms with E-state index in [0.717, 1.165) is 17.7 Å². The SMILES string of the molecule is COC(=O)Cc1ccc(C/C=N\O)c(-c2ccc(C(F)(F)F)cc2)c1. The molecule has 0 heterocycles. The first-order valence-corrected chi connectivity index (χ1v) is 7.37. The molecule has 4 nitrogen and oxygen atoms in total. The van der Waals surface area contributed by atoms with Crippen LogP contribution in [0, 0.1) is 0 Å². The summed E-state index contributed by atoms with van der Waals surface area (Å²) in [6, 6.07) is 9.95. The van der Waals surface area contributed by atoms with Gasteiger partial charge in [-0.25, -0.2) is 0 Å². The molecule has 0 radical (unpaired) electrons. The Morgan fingerprint density at radius 3 is 2.44 bits per heavy atom. The Labute approximate surface area is 142 Å². The second-order valence-corrected chi connectivity index (χ2v) is 5.32. The number of rotatable bonds is 5. The van der Waals surface area contributed by atoms with Crippen LogP contribution in [-0.4, -0.2) is 24.5 Å². The van der Waals surface area contributed by atoms with Crippen molar-refractivity contribution in [2.45, 2.75) is 19.0 Å². The normalized spacial score (nSPS) is 11.7. The predicted molar refractivity (Wildman–Crippen MR) is 86.6 cm³/mol. The second-order valence-electron chi connectivity index (χ2n) is 5.32. The molecule has 1 N–H and O–H groups in total. The first kappa shape index (κ1) is 18.5. The van der Waals surface area contributed by atoms with E-state index in [4.69, 9.17) is 5.21 Å². The van der Waals surface area contributed by atoms with Gasteiger partial charge in [-0.1, -0.05) is 30.3 Å². The molecule has 2 aromatic carbocycles. The van der Waals surface area contributed by atoms with Crippen molar-refractivity contribution in [2.75, 3.05) is 7.11 Å². The minimum atomic E-state index is -4.41. The van der Waals surface area contributed by atoms with Gasteiger partial charge < -0.3 is 9.94 Å². The molecule has 0 unspecified atom stereocenters. The quantitative estimate of drug-likeness (QED) is 0.382. The van der Waals surface area contributed by atoms with E-state index in [1.807, 2.05) is 0 Å². The zero-order chi connectivity index (χ0) is 18.4. The second kappa shape index (κ2) is 7.83. The number of hydrogen-bond donors (Lipinski definition) is 1. The van der Waals surface area contributed by atoms with E-state index >= 15 is 0 Å². The van der Waals surface area contributed by atoms with E-state index in [9.17, 15) is 18.0 Å². The Morgan fingerprint density at radius 2 is 1.88 bits per heavy atom. The summed E-state index contributed by atoms with van der Waals surface area (Å²) in [5, 5.41) is 11.6. The van der Waals surface area contributed by atoms with Gasteiger partial charge in [0.05, 0.1) is 19.1 Å². The van der Waals surface area contributed by atoms with Crippen LogP contribution in [0.1, 0.15) is 16.7 Å². The smallest absolute Gasteiger partial charge is 0.416 e. The van der Waals surface area contributed by atoms with Gasteiger partial charge in [0.15, 0.2) is 0 Å². The first-order chi connectivity index (χ1) is 11.8. The number of carbonyl (C=O) groups excluding carboxylic acids is 1. The van der Waals surface area contributed by atoms with Gasteiger partial charge >= 0.3 is 12.1 Å². The molecule has 0 atom stereocenters. The molecule has 0 spiro atoms. The maximum Gasteiger partial charge on any atom is 0.416 e. The van der Waals surface area contributed by atoms with Crippen molar-refractivity contribution in [1.82, 2.24) is 0 Å². The van der Waals surface area contributed by atoms with Gasteiger partial charge in [-0.15, -0.1) is 5.16 Å². The lowest BCUT2D eigenvalue weighted by molar-refractivity contribution is -0.140. The average molecular weight is 351 g/mol. The molecular formula is C18H16F3NO3. The Hall–Kier alpha value is -2.83. The summed E-state index contributed by atoms with van der Waals surface area (Å²) in [5.41, 5.74) is 1.93. The van der Waals surface area contributed by atoms with Crippen LogP contribution < -0.4 is 0 Å². The molecule has 0 aliphatic heterocycles. The highest BCUT2D eigenvalue weighted by Gasteiger charge is 2.30. The summed E-state index contributed by atoms with van der Waals surface area (Å²) in [6.45, 7) is 0. The number of methoxy groups -OCH3 is 1. The maximum atomic E-state index is 12.7. The van der Waals surface area contributed by atoms with Gasteiger partial charge in [0.25, 0.3) is 0 Å². The summed E-state index contributed by atoms with van der Waals surface area (Å²) in [6.07, 6.45) is -2.77. The van der Waals surface area contributed by atoms with Crippen LogP contribution in [0.2, 0.25) is 0 Å². The van der Waals surface area contributed by atoms with E-state index in [1.54, 1.807) is 18.2 Å². The van der Waals surface area contributed by atoms with Crippen LogP contribution in [-0.2, 0) is 28.5 Å². The number of hydrogen-bond acceptors (Lipinski definition) is 4. The third kappa shape index (κ3) is 4.82. The molecule has 2 aromatic rings. The molecule has 0 aliphatic carbocycles. The molecule has 0 aliphatic rings. The molecular weight excluding hydrogens is 335 g/mol. The summed E-state index contributed by atoms with van der Waals surface area (Å²) in [5.74, 6) is -0.414. The van der Waals surface area contributed by atoms with E-state index in [1.165, 1.54) is 25.5 Å². The van der Waals surface area contributed by atoms with Crippen molar-refractivity contribution in [3.05, 3.63) is 59.2 Å². The molecule has 25 heavy (non-hydrogen) atoms. The third-order valence-corrected chi connectivity index (χ3v) is 3.67. The van der Waals surface area contributed by atoms with Crippen LogP contribution >= 0.6 is 0 Å². The van der Waals surface area contributed by atoms with Crippen molar-refractivity contribution in [3.8, 4) is 11.1 Å². The molecule has 0 amide bonds. The molecule has 0 bridgehead atoms. The molecule has 2 rings (SSSR count). The fourth-order valence-corrected chi connectivity index (χ4v) is 2.40. The number of ether oxygens (including phenoxy) is 1. The lowest BCUT2D eigenvalue weighted by Gasteiger charge is -2.12. The lowest BCUT2D eigenvalue weighted by atomic mass is 9.94. The molecule has 7 heteroatoms. The van der Waals surface area contributed by atoms with Crippen molar-refractivity contribution < 1.29 is 27.9 Å². The van der Waals surface area contributed by atoms with E-state index in [2.05, 4.69) is 9.89 Å². The fraction of sp³-hybridized carbons (Fsp3) is 0.222. The minimum absolute atomic E-state index is 0.0541. The van der Waals surface area contributed by atoms with E-state index in [-0.39, 0.29) is 6.42 Å². The predicted octanol–water partition coefficient (Wildman–Crippen LogP) is 4.09. The number of alkyl halides is 3. The van der Waals surface area contributed by atoms with E-state index in [0.29, 0.717) is 23.1 Å². The largest absolute Gasteiger partial charge is 0.469 e. The lowest BCUT2D eigenvalue weighted by Crippen LogP contribution is -2.06. The van der Waals surface area contributed by atoms with Crippen LogP contribution in [0.25, 0.3) is 11.1 Å². The number of oxime groups is 1. The zero-order valence-corrected chi connectivity index (χ0v) is 13.4. The number of esters is 1. The topological polar surface area (TPSA) is 58.9 Å². The summed E-state index contributed by atoms with van der Waals surface area (Å²) < 4.78 is 42.8. The van der Waals surface area contributed by atoms with Crippen molar-refractivity contribution in [2.24, 2.45) is 5.16 Å². The minimum Gasteiger partial charge on any atom is -0.469 e. The summed E-state index contributed by atoms with van der Waals surface area (Å²) in [4.78, 5) is 11.4. The van der Waals surface area contributed by atoms with Crippen LogP contribution in [0.15, 0.2) is 47.6 Å². The highest BCUT2D eigenvalue weighted by Crippen LogP contribution is 2.32. The van der Waals surface area contributed by atoms with Crippen LogP contribution in [0.5, 0.6) is 0 Å². The summed E-state index contributed by atoms with van der Waals surface area (Å²) >= 11 is 0. The van der Waals surface area contributed by atoms with Gasteiger partial charge in [0, 0.05) is 12.6 Å². The van der Waals surface area contributed by atoms with Crippen LogP contribution in [0.3, 0.4) is 0 Å². The first-order valence-electron chi connectivity index (χ1n) is 7.37. The van der Waals surface area contributed by atoms with E-state index < -0.39 is 17.7 Å². The monoisotopic (exact) mass is 351 g/mol. The van der Waals surface area contributed by atoms with Crippen LogP contribution in [0.4, 0.5) is 13.2 Å². The molecule has 132 valence electrons. The average Bonchev–Trinajstić information content (AvgIpc) is 2.59. The Kier molecular flexibility index (Phi) is 5.80. The third-order valence-electron chi connectivity index (χ3n) is 3.67. The van der Waals surface area contributed by atoms with Gasteiger partial charge in [-0.2, -0.15) is 13.2 Å². The van der Waals surface area contributed by atoms with Gasteiger partial charge in [-0.05, 0) is 34.4 Å².